The minimum Gasteiger partial charge on any atom is -0.497 e. The fraction of sp³-hybridized carbons (Fsp3) is 0.429. The number of ether oxygens (including phenoxy) is 1. The quantitative estimate of drug-likeness (QED) is 0.882. The molecule has 1 aromatic carbocycles. The van der Waals surface area contributed by atoms with Crippen molar-refractivity contribution in [3.63, 3.8) is 0 Å². The molecule has 0 atom stereocenters. The fourth-order valence-corrected chi connectivity index (χ4v) is 2.47. The summed E-state index contributed by atoms with van der Waals surface area (Å²) >= 11 is 1.62. The Morgan fingerprint density at radius 3 is 2.89 bits per heavy atom. The van der Waals surface area contributed by atoms with Gasteiger partial charge >= 0.3 is 0 Å². The van der Waals surface area contributed by atoms with E-state index in [9.17, 15) is 0 Å². The summed E-state index contributed by atoms with van der Waals surface area (Å²) in [6, 6.07) is 7.89. The highest BCUT2D eigenvalue weighted by atomic mass is 32.1. The van der Waals surface area contributed by atoms with Gasteiger partial charge in [0.05, 0.1) is 7.11 Å². The summed E-state index contributed by atoms with van der Waals surface area (Å²) in [6.07, 6.45) is 0. The Bertz CT molecular complexity index is 525. The molecular formula is C14H19N3OS. The van der Waals surface area contributed by atoms with Gasteiger partial charge in [0.25, 0.3) is 0 Å². The van der Waals surface area contributed by atoms with Crippen molar-refractivity contribution < 1.29 is 4.74 Å². The van der Waals surface area contributed by atoms with E-state index in [-0.39, 0.29) is 0 Å². The van der Waals surface area contributed by atoms with Gasteiger partial charge in [-0.25, -0.2) is 0 Å². The van der Waals surface area contributed by atoms with Crippen molar-refractivity contribution in [2.24, 2.45) is 5.92 Å². The van der Waals surface area contributed by atoms with Crippen LogP contribution in [0.2, 0.25) is 0 Å². The first-order valence-corrected chi connectivity index (χ1v) is 7.18. The summed E-state index contributed by atoms with van der Waals surface area (Å²) < 4.78 is 5.22. The second-order valence-electron chi connectivity index (χ2n) is 4.76. The Morgan fingerprint density at radius 2 is 2.16 bits per heavy atom. The lowest BCUT2D eigenvalue weighted by atomic mass is 10.2. The molecule has 1 heterocycles. The van der Waals surface area contributed by atoms with Crippen molar-refractivity contribution in [3.8, 4) is 16.3 Å². The van der Waals surface area contributed by atoms with E-state index in [0.29, 0.717) is 5.92 Å². The molecule has 0 aliphatic rings. The van der Waals surface area contributed by atoms with Crippen LogP contribution in [-0.4, -0.2) is 23.9 Å². The molecule has 4 nitrogen and oxygen atoms in total. The number of benzene rings is 1. The Kier molecular flexibility index (Phi) is 4.87. The molecule has 2 aromatic rings. The van der Waals surface area contributed by atoms with Crippen LogP contribution in [0.3, 0.4) is 0 Å². The first-order chi connectivity index (χ1) is 9.19. The molecule has 1 aromatic heterocycles. The third-order valence-corrected chi connectivity index (χ3v) is 3.58. The van der Waals surface area contributed by atoms with Gasteiger partial charge in [-0.1, -0.05) is 37.3 Å². The van der Waals surface area contributed by atoms with E-state index >= 15 is 0 Å². The molecule has 0 radical (unpaired) electrons. The van der Waals surface area contributed by atoms with Crippen molar-refractivity contribution in [3.05, 3.63) is 29.3 Å². The van der Waals surface area contributed by atoms with Crippen molar-refractivity contribution in [1.29, 1.82) is 0 Å². The predicted octanol–water partition coefficient (Wildman–Crippen LogP) is 2.96. The molecule has 0 saturated carbocycles. The highest BCUT2D eigenvalue weighted by Crippen LogP contribution is 2.26. The number of aromatic nitrogens is 2. The summed E-state index contributed by atoms with van der Waals surface area (Å²) in [5.74, 6) is 1.48. The Labute approximate surface area is 117 Å². The largest absolute Gasteiger partial charge is 0.497 e. The minimum absolute atomic E-state index is 0.644. The van der Waals surface area contributed by atoms with Crippen molar-refractivity contribution in [2.75, 3.05) is 13.7 Å². The standard InChI is InChI=1S/C14H19N3OS/c1-10(2)8-15-9-13-16-17-14(19-13)11-5-4-6-12(7-11)18-3/h4-7,10,15H,8-9H2,1-3H3. The molecule has 5 heteroatoms. The number of rotatable bonds is 6. The van der Waals surface area contributed by atoms with E-state index in [4.69, 9.17) is 4.74 Å². The second kappa shape index (κ2) is 6.63. The molecule has 0 spiro atoms. The van der Waals surface area contributed by atoms with Crippen LogP contribution in [0.4, 0.5) is 0 Å². The third-order valence-electron chi connectivity index (χ3n) is 2.61. The zero-order valence-corrected chi connectivity index (χ0v) is 12.3. The monoisotopic (exact) mass is 277 g/mol. The van der Waals surface area contributed by atoms with Crippen molar-refractivity contribution in [1.82, 2.24) is 15.5 Å². The number of hydrogen-bond donors (Lipinski definition) is 1. The molecule has 0 aliphatic carbocycles. The van der Waals surface area contributed by atoms with Gasteiger partial charge in [0, 0.05) is 12.1 Å². The molecule has 0 aliphatic heterocycles. The van der Waals surface area contributed by atoms with Crippen LogP contribution in [0.5, 0.6) is 5.75 Å². The first kappa shape index (κ1) is 14.0. The van der Waals surface area contributed by atoms with E-state index in [1.165, 1.54) is 0 Å². The van der Waals surface area contributed by atoms with E-state index in [2.05, 4.69) is 29.4 Å². The van der Waals surface area contributed by atoms with Gasteiger partial charge in [-0.05, 0) is 24.6 Å². The lowest BCUT2D eigenvalue weighted by molar-refractivity contribution is 0.415. The van der Waals surface area contributed by atoms with Gasteiger partial charge in [0.15, 0.2) is 0 Å². The smallest absolute Gasteiger partial charge is 0.147 e. The van der Waals surface area contributed by atoms with Crippen LogP contribution in [0.1, 0.15) is 18.9 Å². The van der Waals surface area contributed by atoms with Crippen LogP contribution in [0.15, 0.2) is 24.3 Å². The van der Waals surface area contributed by atoms with E-state index in [0.717, 1.165) is 34.4 Å². The van der Waals surface area contributed by atoms with Crippen molar-refractivity contribution in [2.45, 2.75) is 20.4 Å². The number of nitrogens with one attached hydrogen (secondary N) is 1. The van der Waals surface area contributed by atoms with Gasteiger partial charge in [0.1, 0.15) is 15.8 Å². The molecule has 0 bridgehead atoms. The summed E-state index contributed by atoms with van der Waals surface area (Å²) in [5, 5.41) is 13.8. The van der Waals surface area contributed by atoms with E-state index in [1.807, 2.05) is 24.3 Å². The maximum atomic E-state index is 5.22. The summed E-state index contributed by atoms with van der Waals surface area (Å²) in [7, 11) is 1.67. The molecular weight excluding hydrogens is 258 g/mol. The maximum Gasteiger partial charge on any atom is 0.147 e. The summed E-state index contributed by atoms with van der Waals surface area (Å²) in [5.41, 5.74) is 1.05. The zero-order valence-electron chi connectivity index (χ0n) is 11.5. The molecule has 2 rings (SSSR count). The molecule has 0 saturated heterocycles. The molecule has 0 fully saturated rings. The van der Waals surface area contributed by atoms with Gasteiger partial charge in [0.2, 0.25) is 0 Å². The molecule has 0 amide bonds. The fourth-order valence-electron chi connectivity index (χ4n) is 1.67. The highest BCUT2D eigenvalue weighted by Gasteiger charge is 2.07. The van der Waals surface area contributed by atoms with Gasteiger partial charge in [-0.15, -0.1) is 10.2 Å². The average Bonchev–Trinajstić information content (AvgIpc) is 2.87. The summed E-state index contributed by atoms with van der Waals surface area (Å²) in [6.45, 7) is 6.15. The second-order valence-corrected chi connectivity index (χ2v) is 5.82. The van der Waals surface area contributed by atoms with Crippen molar-refractivity contribution >= 4 is 11.3 Å². The first-order valence-electron chi connectivity index (χ1n) is 6.36. The van der Waals surface area contributed by atoms with Crippen LogP contribution in [0.25, 0.3) is 10.6 Å². The molecule has 1 N–H and O–H groups in total. The van der Waals surface area contributed by atoms with Gasteiger partial charge in [-0.3, -0.25) is 0 Å². The third kappa shape index (κ3) is 4.01. The lowest BCUT2D eigenvalue weighted by Crippen LogP contribution is -2.18. The van der Waals surface area contributed by atoms with Gasteiger partial charge < -0.3 is 10.1 Å². The molecule has 19 heavy (non-hydrogen) atoms. The Balaban J connectivity index is 2.03. The highest BCUT2D eigenvalue weighted by molar-refractivity contribution is 7.14. The minimum atomic E-state index is 0.644. The van der Waals surface area contributed by atoms with Crippen LogP contribution < -0.4 is 10.1 Å². The Morgan fingerprint density at radius 1 is 1.32 bits per heavy atom. The van der Waals surface area contributed by atoms with Crippen LogP contribution in [0, 0.1) is 5.92 Å². The van der Waals surface area contributed by atoms with Crippen LogP contribution in [-0.2, 0) is 6.54 Å². The molecule has 0 unspecified atom stereocenters. The maximum absolute atomic E-state index is 5.22. The Hall–Kier alpha value is -1.46. The van der Waals surface area contributed by atoms with E-state index < -0.39 is 0 Å². The summed E-state index contributed by atoms with van der Waals surface area (Å²) in [4.78, 5) is 0. The lowest BCUT2D eigenvalue weighted by Gasteiger charge is -2.04. The average molecular weight is 277 g/mol. The predicted molar refractivity (Wildman–Crippen MR) is 78.4 cm³/mol. The molecule has 102 valence electrons. The van der Waals surface area contributed by atoms with Gasteiger partial charge in [-0.2, -0.15) is 0 Å². The number of nitrogens with zero attached hydrogens (tertiary/aromatic N) is 2. The normalized spacial score (nSPS) is 10.9. The number of methoxy groups -OCH3 is 1. The van der Waals surface area contributed by atoms with E-state index in [1.54, 1.807) is 18.4 Å². The SMILES string of the molecule is COc1cccc(-c2nnc(CNCC(C)C)s2)c1. The zero-order chi connectivity index (χ0) is 13.7. The topological polar surface area (TPSA) is 47.0 Å². The number of hydrogen-bond acceptors (Lipinski definition) is 5. The van der Waals surface area contributed by atoms with Crippen LogP contribution >= 0.6 is 11.3 Å².